The fourth-order valence-electron chi connectivity index (χ4n) is 3.02. The molecular weight excluding hydrogens is 324 g/mol. The molecule has 0 radical (unpaired) electrons. The molecule has 2 N–H and O–H groups in total. The minimum Gasteiger partial charge on any atom is -0.346 e. The van der Waals surface area contributed by atoms with Gasteiger partial charge in [0.05, 0.1) is 6.04 Å². The van der Waals surface area contributed by atoms with E-state index >= 15 is 0 Å². The van der Waals surface area contributed by atoms with Crippen molar-refractivity contribution >= 4 is 23.8 Å². The second-order valence-electron chi connectivity index (χ2n) is 5.98. The van der Waals surface area contributed by atoms with E-state index in [0.29, 0.717) is 17.9 Å². The van der Waals surface area contributed by atoms with Crippen LogP contribution in [0.25, 0.3) is 0 Å². The third-order valence-corrected chi connectivity index (χ3v) is 4.49. The number of amides is 1. The van der Waals surface area contributed by atoms with Gasteiger partial charge in [0.15, 0.2) is 0 Å². The third-order valence-electron chi connectivity index (χ3n) is 4.24. The number of aldehydes is 1. The molecule has 0 bridgehead atoms. The summed E-state index contributed by atoms with van der Waals surface area (Å²) in [6, 6.07) is 14.8. The number of hydrogen-bond acceptors (Lipinski definition) is 3. The van der Waals surface area contributed by atoms with Gasteiger partial charge in [0.2, 0.25) is 5.91 Å². The molecule has 0 saturated carbocycles. The minimum absolute atomic E-state index is 0.00374. The molecule has 0 spiro atoms. The molecule has 1 amide bonds. The highest BCUT2D eigenvalue weighted by molar-refractivity contribution is 6.30. The van der Waals surface area contributed by atoms with Gasteiger partial charge in [-0.15, -0.1) is 0 Å². The lowest BCUT2D eigenvalue weighted by molar-refractivity contribution is -0.124. The molecule has 24 heavy (non-hydrogen) atoms. The molecule has 1 aliphatic rings. The van der Waals surface area contributed by atoms with Crippen LogP contribution in [0.3, 0.4) is 0 Å². The largest absolute Gasteiger partial charge is 0.346 e. The van der Waals surface area contributed by atoms with Gasteiger partial charge in [-0.2, -0.15) is 0 Å². The van der Waals surface area contributed by atoms with Gasteiger partial charge in [-0.1, -0.05) is 48.0 Å². The van der Waals surface area contributed by atoms with E-state index < -0.39 is 6.04 Å². The van der Waals surface area contributed by atoms with Crippen LogP contribution in [0.4, 0.5) is 0 Å². The van der Waals surface area contributed by atoms with Crippen molar-refractivity contribution in [2.45, 2.75) is 31.5 Å². The lowest BCUT2D eigenvalue weighted by atomic mass is 10.0. The van der Waals surface area contributed by atoms with Crippen molar-refractivity contribution < 1.29 is 9.59 Å². The van der Waals surface area contributed by atoms with E-state index in [0.717, 1.165) is 24.0 Å². The van der Waals surface area contributed by atoms with E-state index in [2.05, 4.69) is 16.7 Å². The smallest absolute Gasteiger partial charge is 0.222 e. The maximum Gasteiger partial charge on any atom is 0.222 e. The summed E-state index contributed by atoms with van der Waals surface area (Å²) < 4.78 is 0. The van der Waals surface area contributed by atoms with Crippen molar-refractivity contribution in [3.63, 3.8) is 0 Å². The average molecular weight is 343 g/mol. The number of fused-ring (bicyclic) bond motifs is 1. The van der Waals surface area contributed by atoms with Gasteiger partial charge < -0.3 is 15.4 Å². The minimum atomic E-state index is -0.532. The summed E-state index contributed by atoms with van der Waals surface area (Å²) in [5, 5.41) is 6.79. The Balaban J connectivity index is 1.57. The van der Waals surface area contributed by atoms with Crippen molar-refractivity contribution in [3.05, 3.63) is 70.2 Å². The van der Waals surface area contributed by atoms with Crippen LogP contribution in [-0.2, 0) is 22.6 Å². The summed E-state index contributed by atoms with van der Waals surface area (Å²) in [4.78, 5) is 23.6. The topological polar surface area (TPSA) is 58.2 Å². The summed E-state index contributed by atoms with van der Waals surface area (Å²) >= 11 is 5.86. The number of benzene rings is 2. The Morgan fingerprint density at radius 3 is 2.75 bits per heavy atom. The number of rotatable bonds is 6. The summed E-state index contributed by atoms with van der Waals surface area (Å²) in [6.07, 6.45) is 1.56. The highest BCUT2D eigenvalue weighted by atomic mass is 35.5. The Morgan fingerprint density at radius 2 is 2.00 bits per heavy atom. The summed E-state index contributed by atoms with van der Waals surface area (Å²) in [7, 11) is 0. The number of carbonyl (C=O) groups is 2. The molecule has 2 atom stereocenters. The van der Waals surface area contributed by atoms with Crippen molar-refractivity contribution in [1.29, 1.82) is 0 Å². The zero-order valence-electron chi connectivity index (χ0n) is 13.2. The fourth-order valence-corrected chi connectivity index (χ4v) is 3.15. The normalized spacial score (nSPS) is 17.1. The first-order valence-electron chi connectivity index (χ1n) is 7.96. The predicted molar refractivity (Wildman–Crippen MR) is 93.8 cm³/mol. The van der Waals surface area contributed by atoms with Gasteiger partial charge >= 0.3 is 0 Å². The summed E-state index contributed by atoms with van der Waals surface area (Å²) in [5.74, 6) is -0.129. The zero-order valence-corrected chi connectivity index (χ0v) is 13.9. The van der Waals surface area contributed by atoms with Crippen LogP contribution < -0.4 is 10.6 Å². The molecule has 0 aliphatic carbocycles. The van der Waals surface area contributed by atoms with Crippen LogP contribution in [-0.4, -0.2) is 18.2 Å². The first-order chi connectivity index (χ1) is 11.7. The maximum atomic E-state index is 12.3. The second kappa shape index (κ2) is 7.60. The first kappa shape index (κ1) is 16.7. The average Bonchev–Trinajstić information content (AvgIpc) is 2.99. The van der Waals surface area contributed by atoms with Gasteiger partial charge in [-0.05, 0) is 35.2 Å². The number of hydrogen-bond donors (Lipinski definition) is 2. The predicted octanol–water partition coefficient (Wildman–Crippen LogP) is 2.80. The number of nitrogens with one attached hydrogen (secondary N) is 2. The van der Waals surface area contributed by atoms with Crippen LogP contribution in [0.5, 0.6) is 0 Å². The van der Waals surface area contributed by atoms with E-state index in [1.807, 2.05) is 30.3 Å². The molecule has 124 valence electrons. The fraction of sp³-hybridized carbons (Fsp3) is 0.263. The van der Waals surface area contributed by atoms with Gasteiger partial charge in [-0.25, -0.2) is 0 Å². The lowest BCUT2D eigenvalue weighted by Crippen LogP contribution is -2.38. The van der Waals surface area contributed by atoms with E-state index in [4.69, 9.17) is 11.6 Å². The summed E-state index contributed by atoms with van der Waals surface area (Å²) in [5.41, 5.74) is 3.34. The highest BCUT2D eigenvalue weighted by Crippen LogP contribution is 2.27. The molecule has 3 rings (SSSR count). The van der Waals surface area contributed by atoms with Crippen LogP contribution in [0.15, 0.2) is 48.5 Å². The SMILES string of the molecule is O=CC(Cc1ccc(Cl)cc1)NC(=O)CC1NCc2ccccc21. The Kier molecular flexibility index (Phi) is 5.28. The van der Waals surface area contributed by atoms with Crippen LogP contribution >= 0.6 is 11.6 Å². The molecule has 5 heteroatoms. The van der Waals surface area contributed by atoms with Gasteiger partial charge in [-0.3, -0.25) is 4.79 Å². The van der Waals surface area contributed by atoms with Crippen molar-refractivity contribution in [2.24, 2.45) is 0 Å². The number of halogens is 1. The lowest BCUT2D eigenvalue weighted by Gasteiger charge is -2.16. The Morgan fingerprint density at radius 1 is 1.25 bits per heavy atom. The standard InChI is InChI=1S/C19H19ClN2O2/c20-15-7-5-13(6-8-15)9-16(12-23)22-19(24)10-18-17-4-2-1-3-14(17)11-21-18/h1-8,12,16,18,21H,9-11H2,(H,22,24). The Hall–Kier alpha value is -2.17. The zero-order chi connectivity index (χ0) is 16.9. The first-order valence-corrected chi connectivity index (χ1v) is 8.34. The van der Waals surface area contributed by atoms with E-state index in [9.17, 15) is 9.59 Å². The quantitative estimate of drug-likeness (QED) is 0.794. The van der Waals surface area contributed by atoms with Gasteiger partial charge in [0.25, 0.3) is 0 Å². The van der Waals surface area contributed by atoms with E-state index in [1.165, 1.54) is 5.56 Å². The number of carbonyl (C=O) groups excluding carboxylic acids is 2. The van der Waals surface area contributed by atoms with Gasteiger partial charge in [0.1, 0.15) is 6.29 Å². The molecule has 4 nitrogen and oxygen atoms in total. The van der Waals surface area contributed by atoms with Crippen molar-refractivity contribution in [1.82, 2.24) is 10.6 Å². The molecule has 1 heterocycles. The molecule has 2 unspecified atom stereocenters. The second-order valence-corrected chi connectivity index (χ2v) is 6.41. The van der Waals surface area contributed by atoms with E-state index in [1.54, 1.807) is 12.1 Å². The molecule has 2 aromatic rings. The third kappa shape index (κ3) is 4.02. The molecule has 0 saturated heterocycles. The molecule has 0 fully saturated rings. The van der Waals surface area contributed by atoms with E-state index in [-0.39, 0.29) is 11.9 Å². The maximum absolute atomic E-state index is 12.3. The Bertz CT molecular complexity index is 730. The van der Waals surface area contributed by atoms with Crippen LogP contribution in [0, 0.1) is 0 Å². The summed E-state index contributed by atoms with van der Waals surface area (Å²) in [6.45, 7) is 0.774. The molecule has 0 aromatic heterocycles. The highest BCUT2D eigenvalue weighted by Gasteiger charge is 2.24. The molecule has 2 aromatic carbocycles. The van der Waals surface area contributed by atoms with Crippen LogP contribution in [0.1, 0.15) is 29.2 Å². The van der Waals surface area contributed by atoms with Gasteiger partial charge in [0, 0.05) is 24.0 Å². The molecule has 1 aliphatic heterocycles. The van der Waals surface area contributed by atoms with Crippen molar-refractivity contribution in [2.75, 3.05) is 0 Å². The van der Waals surface area contributed by atoms with Crippen LogP contribution in [0.2, 0.25) is 5.02 Å². The van der Waals surface area contributed by atoms with Crippen molar-refractivity contribution in [3.8, 4) is 0 Å². The monoisotopic (exact) mass is 342 g/mol. The Labute approximate surface area is 146 Å². The molecular formula is C19H19ClN2O2.